The standard InChI is InChI=1S/C17H17ClN2O2/c18-14-3-1-2-12-9-19-10-15(17(12)14)20-16(22)8-11-4-6-13(21)7-5-11/h1-7,15,19,21H,8-10H2,(H,20,22). The molecule has 2 aromatic rings. The molecule has 1 aliphatic rings. The second-order valence-electron chi connectivity index (χ2n) is 5.41. The summed E-state index contributed by atoms with van der Waals surface area (Å²) >= 11 is 6.29. The number of benzene rings is 2. The lowest BCUT2D eigenvalue weighted by molar-refractivity contribution is -0.121. The number of rotatable bonds is 3. The van der Waals surface area contributed by atoms with E-state index in [4.69, 9.17) is 11.6 Å². The molecule has 2 aromatic carbocycles. The molecule has 0 radical (unpaired) electrons. The van der Waals surface area contributed by atoms with Gasteiger partial charge in [0, 0.05) is 18.1 Å². The van der Waals surface area contributed by atoms with Crippen LogP contribution < -0.4 is 10.6 Å². The Balaban J connectivity index is 1.72. The van der Waals surface area contributed by atoms with E-state index in [1.807, 2.05) is 18.2 Å². The summed E-state index contributed by atoms with van der Waals surface area (Å²) in [6.45, 7) is 1.43. The van der Waals surface area contributed by atoms with E-state index in [2.05, 4.69) is 10.6 Å². The summed E-state index contributed by atoms with van der Waals surface area (Å²) in [7, 11) is 0. The van der Waals surface area contributed by atoms with Crippen LogP contribution in [0.3, 0.4) is 0 Å². The van der Waals surface area contributed by atoms with Crippen LogP contribution in [0.2, 0.25) is 5.02 Å². The van der Waals surface area contributed by atoms with E-state index >= 15 is 0 Å². The number of phenolic OH excluding ortho intramolecular Hbond substituents is 1. The molecule has 0 spiro atoms. The number of phenols is 1. The molecule has 3 N–H and O–H groups in total. The van der Waals surface area contributed by atoms with Crippen molar-refractivity contribution in [3.63, 3.8) is 0 Å². The smallest absolute Gasteiger partial charge is 0.224 e. The van der Waals surface area contributed by atoms with Crippen LogP contribution in [0.25, 0.3) is 0 Å². The van der Waals surface area contributed by atoms with E-state index in [0.717, 1.165) is 23.2 Å². The number of hydrogen-bond acceptors (Lipinski definition) is 3. The maximum atomic E-state index is 12.2. The van der Waals surface area contributed by atoms with Crippen LogP contribution in [-0.4, -0.2) is 17.6 Å². The van der Waals surface area contributed by atoms with Gasteiger partial charge in [-0.3, -0.25) is 4.79 Å². The molecular weight excluding hydrogens is 300 g/mol. The minimum absolute atomic E-state index is 0.0646. The third-order valence-corrected chi connectivity index (χ3v) is 4.12. The van der Waals surface area contributed by atoms with E-state index in [-0.39, 0.29) is 24.1 Å². The van der Waals surface area contributed by atoms with Gasteiger partial charge in [-0.25, -0.2) is 0 Å². The first-order valence-corrected chi connectivity index (χ1v) is 7.56. The molecule has 0 saturated carbocycles. The molecule has 1 unspecified atom stereocenters. The van der Waals surface area contributed by atoms with Gasteiger partial charge in [-0.15, -0.1) is 0 Å². The average Bonchev–Trinajstić information content (AvgIpc) is 2.50. The van der Waals surface area contributed by atoms with Gasteiger partial charge in [0.15, 0.2) is 0 Å². The molecule has 3 rings (SSSR count). The summed E-state index contributed by atoms with van der Waals surface area (Å²) in [4.78, 5) is 12.2. The third kappa shape index (κ3) is 3.24. The predicted octanol–water partition coefficient (Wildman–Crippen LogP) is 2.55. The zero-order valence-corrected chi connectivity index (χ0v) is 12.7. The van der Waals surface area contributed by atoms with Crippen molar-refractivity contribution in [2.24, 2.45) is 0 Å². The molecule has 0 fully saturated rings. The number of halogens is 1. The molecule has 0 aliphatic carbocycles. The summed E-state index contributed by atoms with van der Waals surface area (Å²) in [6.07, 6.45) is 0.274. The highest BCUT2D eigenvalue weighted by atomic mass is 35.5. The Morgan fingerprint density at radius 2 is 2.05 bits per heavy atom. The largest absolute Gasteiger partial charge is 0.508 e. The number of fused-ring (bicyclic) bond motifs is 1. The maximum absolute atomic E-state index is 12.2. The molecule has 114 valence electrons. The van der Waals surface area contributed by atoms with Crippen molar-refractivity contribution in [3.8, 4) is 5.75 Å². The highest BCUT2D eigenvalue weighted by Crippen LogP contribution is 2.29. The second-order valence-corrected chi connectivity index (χ2v) is 5.81. The van der Waals surface area contributed by atoms with Crippen LogP contribution in [0.15, 0.2) is 42.5 Å². The summed E-state index contributed by atoms with van der Waals surface area (Å²) < 4.78 is 0. The van der Waals surface area contributed by atoms with Gasteiger partial charge in [-0.05, 0) is 34.9 Å². The Kier molecular flexibility index (Phi) is 4.32. The number of aromatic hydroxyl groups is 1. The normalized spacial score (nSPS) is 16.9. The molecule has 1 aliphatic heterocycles. The average molecular weight is 317 g/mol. The number of hydrogen-bond donors (Lipinski definition) is 3. The van der Waals surface area contributed by atoms with Gasteiger partial charge < -0.3 is 15.7 Å². The van der Waals surface area contributed by atoms with Crippen molar-refractivity contribution in [2.45, 2.75) is 19.0 Å². The first kappa shape index (κ1) is 14.9. The first-order chi connectivity index (χ1) is 10.6. The summed E-state index contributed by atoms with van der Waals surface area (Å²) in [5, 5.41) is 16.3. The summed E-state index contributed by atoms with van der Waals surface area (Å²) in [6, 6.07) is 12.3. The minimum atomic E-state index is -0.123. The van der Waals surface area contributed by atoms with Gasteiger partial charge in [0.1, 0.15) is 5.75 Å². The molecule has 0 bridgehead atoms. The van der Waals surface area contributed by atoms with Gasteiger partial charge in [-0.1, -0.05) is 35.9 Å². The Bertz CT molecular complexity index is 686. The lowest BCUT2D eigenvalue weighted by Gasteiger charge is -2.28. The SMILES string of the molecule is O=C(Cc1ccc(O)cc1)NC1CNCc2cccc(Cl)c21. The van der Waals surface area contributed by atoms with Crippen LogP contribution in [0.1, 0.15) is 22.7 Å². The highest BCUT2D eigenvalue weighted by Gasteiger charge is 2.23. The van der Waals surface area contributed by atoms with E-state index in [1.165, 1.54) is 0 Å². The van der Waals surface area contributed by atoms with Crippen molar-refractivity contribution in [1.82, 2.24) is 10.6 Å². The topological polar surface area (TPSA) is 61.4 Å². The fourth-order valence-electron chi connectivity index (χ4n) is 2.75. The van der Waals surface area contributed by atoms with Crippen LogP contribution in [0.5, 0.6) is 5.75 Å². The Morgan fingerprint density at radius 3 is 2.82 bits per heavy atom. The van der Waals surface area contributed by atoms with Gasteiger partial charge in [0.05, 0.1) is 12.5 Å². The second kappa shape index (κ2) is 6.38. The molecule has 22 heavy (non-hydrogen) atoms. The number of carbonyl (C=O) groups excluding carboxylic acids is 1. The van der Waals surface area contributed by atoms with Gasteiger partial charge in [0.2, 0.25) is 5.91 Å². The van der Waals surface area contributed by atoms with Crippen LogP contribution >= 0.6 is 11.6 Å². The Morgan fingerprint density at radius 1 is 1.27 bits per heavy atom. The number of carbonyl (C=O) groups is 1. The van der Waals surface area contributed by atoms with Crippen molar-refractivity contribution in [3.05, 3.63) is 64.2 Å². The molecule has 5 heteroatoms. The molecule has 4 nitrogen and oxygen atoms in total. The molecule has 1 amide bonds. The molecule has 0 saturated heterocycles. The lowest BCUT2D eigenvalue weighted by atomic mass is 9.96. The van der Waals surface area contributed by atoms with Crippen LogP contribution in [0.4, 0.5) is 0 Å². The summed E-state index contributed by atoms with van der Waals surface area (Å²) in [5.74, 6) is 0.131. The maximum Gasteiger partial charge on any atom is 0.224 e. The van der Waals surface area contributed by atoms with Crippen molar-refractivity contribution in [1.29, 1.82) is 0 Å². The molecule has 1 atom stereocenters. The third-order valence-electron chi connectivity index (χ3n) is 3.79. The monoisotopic (exact) mass is 316 g/mol. The molecular formula is C17H17ClN2O2. The van der Waals surface area contributed by atoms with Crippen molar-refractivity contribution in [2.75, 3.05) is 6.54 Å². The lowest BCUT2D eigenvalue weighted by Crippen LogP contribution is -2.40. The van der Waals surface area contributed by atoms with E-state index in [0.29, 0.717) is 11.6 Å². The van der Waals surface area contributed by atoms with Gasteiger partial charge in [-0.2, -0.15) is 0 Å². The van der Waals surface area contributed by atoms with E-state index in [9.17, 15) is 9.90 Å². The first-order valence-electron chi connectivity index (χ1n) is 7.19. The van der Waals surface area contributed by atoms with E-state index in [1.54, 1.807) is 24.3 Å². The quantitative estimate of drug-likeness (QED) is 0.815. The fraction of sp³-hybridized carbons (Fsp3) is 0.235. The Labute approximate surface area is 134 Å². The van der Waals surface area contributed by atoms with Crippen LogP contribution in [0, 0.1) is 0 Å². The predicted molar refractivity (Wildman–Crippen MR) is 85.9 cm³/mol. The minimum Gasteiger partial charge on any atom is -0.508 e. The number of amides is 1. The van der Waals surface area contributed by atoms with Crippen molar-refractivity contribution >= 4 is 17.5 Å². The molecule has 1 heterocycles. The van der Waals surface area contributed by atoms with Crippen LogP contribution in [-0.2, 0) is 17.8 Å². The van der Waals surface area contributed by atoms with Gasteiger partial charge in [0.25, 0.3) is 0 Å². The number of nitrogens with one attached hydrogen (secondary N) is 2. The van der Waals surface area contributed by atoms with Crippen molar-refractivity contribution < 1.29 is 9.90 Å². The summed E-state index contributed by atoms with van der Waals surface area (Å²) in [5.41, 5.74) is 2.98. The molecule has 0 aromatic heterocycles. The Hall–Kier alpha value is -2.04. The zero-order chi connectivity index (χ0) is 15.5. The highest BCUT2D eigenvalue weighted by molar-refractivity contribution is 6.31. The van der Waals surface area contributed by atoms with E-state index < -0.39 is 0 Å². The zero-order valence-electron chi connectivity index (χ0n) is 12.0. The fourth-order valence-corrected chi connectivity index (χ4v) is 3.07. The van der Waals surface area contributed by atoms with Gasteiger partial charge >= 0.3 is 0 Å².